The van der Waals surface area contributed by atoms with Crippen LogP contribution >= 0.6 is 0 Å². The molecule has 32 heavy (non-hydrogen) atoms. The molecule has 5 rings (SSSR count). The summed E-state index contributed by atoms with van der Waals surface area (Å²) in [5.41, 5.74) is 6.12. The Kier molecular flexibility index (Phi) is 5.12. The molecule has 5 heteroatoms. The van der Waals surface area contributed by atoms with Gasteiger partial charge in [0.25, 0.3) is 5.91 Å². The quantitative estimate of drug-likeness (QED) is 0.740. The van der Waals surface area contributed by atoms with Crippen LogP contribution in [0.3, 0.4) is 0 Å². The zero-order chi connectivity index (χ0) is 22.3. The van der Waals surface area contributed by atoms with Crippen molar-refractivity contribution in [2.24, 2.45) is 0 Å². The van der Waals surface area contributed by atoms with E-state index in [1.165, 1.54) is 24.5 Å². The summed E-state index contributed by atoms with van der Waals surface area (Å²) in [6.45, 7) is 7.54. The first kappa shape index (κ1) is 20.6. The van der Waals surface area contributed by atoms with Gasteiger partial charge in [-0.15, -0.1) is 0 Å². The molecule has 0 saturated carbocycles. The number of amides is 1. The van der Waals surface area contributed by atoms with Crippen LogP contribution < -0.4 is 5.32 Å². The summed E-state index contributed by atoms with van der Waals surface area (Å²) in [6, 6.07) is 14.3. The summed E-state index contributed by atoms with van der Waals surface area (Å²) >= 11 is 0. The number of nitrogens with zero attached hydrogens (tertiary/aromatic N) is 1. The van der Waals surface area contributed by atoms with Gasteiger partial charge in [-0.25, -0.2) is 0 Å². The molecule has 0 atom stereocenters. The molecule has 1 saturated heterocycles. The predicted molar refractivity (Wildman–Crippen MR) is 124 cm³/mol. The Morgan fingerprint density at radius 3 is 2.69 bits per heavy atom. The number of esters is 1. The Balaban J connectivity index is 1.38. The van der Waals surface area contributed by atoms with E-state index in [-0.39, 0.29) is 23.9 Å². The maximum atomic E-state index is 13.1. The average Bonchev–Trinajstić information content (AvgIpc) is 3.08. The third kappa shape index (κ3) is 3.52. The minimum atomic E-state index is -0.349. The fourth-order valence-electron chi connectivity index (χ4n) is 5.55. The predicted octanol–water partition coefficient (Wildman–Crippen LogP) is 4.33. The molecule has 5 nitrogen and oxygen atoms in total. The van der Waals surface area contributed by atoms with Crippen molar-refractivity contribution in [3.05, 3.63) is 88.8 Å². The van der Waals surface area contributed by atoms with E-state index in [1.54, 1.807) is 6.07 Å². The van der Waals surface area contributed by atoms with E-state index in [2.05, 4.69) is 41.1 Å². The van der Waals surface area contributed by atoms with Crippen LogP contribution in [0.15, 0.2) is 60.9 Å². The first-order valence-electron chi connectivity index (χ1n) is 11.3. The van der Waals surface area contributed by atoms with Gasteiger partial charge in [-0.2, -0.15) is 0 Å². The zero-order valence-corrected chi connectivity index (χ0v) is 18.4. The van der Waals surface area contributed by atoms with Gasteiger partial charge in [0.15, 0.2) is 0 Å². The first-order valence-corrected chi connectivity index (χ1v) is 11.3. The number of aryl methyl sites for hydroxylation is 1. The van der Waals surface area contributed by atoms with Crippen molar-refractivity contribution in [1.82, 2.24) is 10.2 Å². The van der Waals surface area contributed by atoms with Crippen LogP contribution in [-0.2, 0) is 28.0 Å². The molecular weight excluding hydrogens is 400 g/mol. The molecular formula is C27H28N2O3. The molecule has 164 valence electrons. The number of carbonyl (C=O) groups is 2. The van der Waals surface area contributed by atoms with Gasteiger partial charge >= 0.3 is 5.97 Å². The Bertz CT molecular complexity index is 1140. The van der Waals surface area contributed by atoms with Crippen molar-refractivity contribution in [2.75, 3.05) is 13.1 Å². The second kappa shape index (κ2) is 7.97. The molecule has 1 amide bonds. The maximum Gasteiger partial charge on any atom is 0.302 e. The van der Waals surface area contributed by atoms with Gasteiger partial charge in [0.2, 0.25) is 0 Å². The fourth-order valence-corrected chi connectivity index (χ4v) is 5.55. The molecule has 2 aromatic carbocycles. The van der Waals surface area contributed by atoms with Gasteiger partial charge in [-0.3, -0.25) is 9.59 Å². The molecule has 2 aromatic rings. The van der Waals surface area contributed by atoms with Crippen molar-refractivity contribution < 1.29 is 14.3 Å². The van der Waals surface area contributed by atoms with Crippen molar-refractivity contribution >= 4 is 17.4 Å². The first-order chi connectivity index (χ1) is 15.5. The summed E-state index contributed by atoms with van der Waals surface area (Å²) in [6.07, 6.45) is 6.49. The lowest BCUT2D eigenvalue weighted by Crippen LogP contribution is -2.44. The molecule has 0 radical (unpaired) electrons. The van der Waals surface area contributed by atoms with Gasteiger partial charge in [-0.05, 0) is 65.5 Å². The Morgan fingerprint density at radius 1 is 1.12 bits per heavy atom. The van der Waals surface area contributed by atoms with Crippen LogP contribution in [0.4, 0.5) is 0 Å². The van der Waals surface area contributed by atoms with Gasteiger partial charge < -0.3 is 15.0 Å². The highest BCUT2D eigenvalue weighted by molar-refractivity contribution is 6.03. The minimum Gasteiger partial charge on any atom is -0.461 e. The number of piperidine rings is 1. The maximum absolute atomic E-state index is 13.1. The second-order valence-corrected chi connectivity index (χ2v) is 9.05. The van der Waals surface area contributed by atoms with Crippen LogP contribution in [0.1, 0.15) is 58.8 Å². The molecule has 1 aliphatic carbocycles. The standard InChI is InChI=1S/C27H28N2O3/c1-18-16-24(28-26(31)22-8-5-7-21(25(18)22)17-32-19(2)30)29-14-12-27(13-15-29)11-10-20-6-3-4-9-23(20)27/h3-9,16H,1,10-15,17H2,2H3,(H,28,31). The molecule has 1 fully saturated rings. The van der Waals surface area contributed by atoms with Crippen LogP contribution in [-0.4, -0.2) is 29.9 Å². The SMILES string of the molecule is C=C1C=C(N2CCC3(CCc4ccccc43)CC2)NC(=O)c2cccc(COC(C)=O)c21. The number of hydrogen-bond donors (Lipinski definition) is 1. The lowest BCUT2D eigenvalue weighted by Gasteiger charge is -2.41. The Hall–Kier alpha value is -3.34. The van der Waals surface area contributed by atoms with E-state index in [9.17, 15) is 9.59 Å². The van der Waals surface area contributed by atoms with Gasteiger partial charge in [0.05, 0.1) is 0 Å². The van der Waals surface area contributed by atoms with E-state index in [0.29, 0.717) is 5.56 Å². The number of hydrogen-bond acceptors (Lipinski definition) is 4. The molecule has 0 aromatic heterocycles. The van der Waals surface area contributed by atoms with Crippen molar-refractivity contribution in [1.29, 1.82) is 0 Å². The highest BCUT2D eigenvalue weighted by Crippen LogP contribution is 2.46. The molecule has 3 aliphatic rings. The van der Waals surface area contributed by atoms with Crippen molar-refractivity contribution in [3.8, 4) is 0 Å². The Labute approximate surface area is 188 Å². The largest absolute Gasteiger partial charge is 0.461 e. The summed E-state index contributed by atoms with van der Waals surface area (Å²) in [5, 5.41) is 3.10. The highest BCUT2D eigenvalue weighted by atomic mass is 16.5. The van der Waals surface area contributed by atoms with Gasteiger partial charge in [0.1, 0.15) is 12.4 Å². The third-order valence-electron chi connectivity index (χ3n) is 7.22. The number of allylic oxidation sites excluding steroid dienone is 2. The van der Waals surface area contributed by atoms with Crippen LogP contribution in [0.5, 0.6) is 0 Å². The average molecular weight is 429 g/mol. The number of nitrogens with one attached hydrogen (secondary N) is 1. The number of rotatable bonds is 3. The van der Waals surface area contributed by atoms with Crippen molar-refractivity contribution in [2.45, 2.75) is 44.6 Å². The molecule has 1 N–H and O–H groups in total. The fraction of sp³-hybridized carbons (Fsp3) is 0.333. The smallest absolute Gasteiger partial charge is 0.302 e. The molecule has 2 heterocycles. The summed E-state index contributed by atoms with van der Waals surface area (Å²) in [7, 11) is 0. The lowest BCUT2D eigenvalue weighted by molar-refractivity contribution is -0.142. The third-order valence-corrected chi connectivity index (χ3v) is 7.22. The van der Waals surface area contributed by atoms with E-state index < -0.39 is 0 Å². The van der Waals surface area contributed by atoms with E-state index in [4.69, 9.17) is 4.74 Å². The Morgan fingerprint density at radius 2 is 1.91 bits per heavy atom. The number of ether oxygens (including phenoxy) is 1. The van der Waals surface area contributed by atoms with Crippen LogP contribution in [0, 0.1) is 0 Å². The lowest BCUT2D eigenvalue weighted by atomic mass is 9.74. The van der Waals surface area contributed by atoms with Gasteiger partial charge in [0, 0.05) is 31.1 Å². The van der Waals surface area contributed by atoms with Gasteiger partial charge in [-0.1, -0.05) is 43.0 Å². The molecule has 0 unspecified atom stereocenters. The van der Waals surface area contributed by atoms with Crippen molar-refractivity contribution in [3.63, 3.8) is 0 Å². The van der Waals surface area contributed by atoms with E-state index in [1.807, 2.05) is 18.2 Å². The number of likely N-dealkylation sites (tertiary alicyclic amines) is 1. The zero-order valence-electron chi connectivity index (χ0n) is 18.4. The number of benzene rings is 2. The summed E-state index contributed by atoms with van der Waals surface area (Å²) in [5.74, 6) is 0.301. The summed E-state index contributed by atoms with van der Waals surface area (Å²) in [4.78, 5) is 26.6. The van der Waals surface area contributed by atoms with Crippen LogP contribution in [0.25, 0.3) is 5.57 Å². The van der Waals surface area contributed by atoms with Crippen LogP contribution in [0.2, 0.25) is 0 Å². The number of fused-ring (bicyclic) bond motifs is 3. The molecule has 1 spiro atoms. The topological polar surface area (TPSA) is 58.6 Å². The second-order valence-electron chi connectivity index (χ2n) is 9.05. The summed E-state index contributed by atoms with van der Waals surface area (Å²) < 4.78 is 5.20. The van der Waals surface area contributed by atoms with E-state index >= 15 is 0 Å². The number of carbonyl (C=O) groups excluding carboxylic acids is 2. The monoisotopic (exact) mass is 428 g/mol. The normalized spacial score (nSPS) is 19.0. The molecule has 2 aliphatic heterocycles. The van der Waals surface area contributed by atoms with E-state index in [0.717, 1.165) is 54.9 Å². The molecule has 0 bridgehead atoms. The highest BCUT2D eigenvalue weighted by Gasteiger charge is 2.41. The minimum absolute atomic E-state index is 0.125.